The fraction of sp³-hybridized carbons (Fsp3) is 0.200. The average Bonchev–Trinajstić information content (AvgIpc) is 2.46. The standard InChI is InChI=1S/C15H16FNO3S/c1-11-6-7-12(10-18)8-15(11)21(19,20)17(2)14-5-3-4-13(16)9-14/h3-9,18H,10H2,1-2H3. The zero-order valence-corrected chi connectivity index (χ0v) is 12.6. The van der Waals surface area contributed by atoms with Crippen LogP contribution in [0.25, 0.3) is 0 Å². The molecule has 112 valence electrons. The first-order valence-corrected chi connectivity index (χ1v) is 7.75. The molecule has 6 heteroatoms. The van der Waals surface area contributed by atoms with Crippen LogP contribution >= 0.6 is 0 Å². The molecule has 21 heavy (non-hydrogen) atoms. The molecule has 0 aliphatic rings. The molecular weight excluding hydrogens is 293 g/mol. The molecule has 0 amide bonds. The number of halogens is 1. The van der Waals surface area contributed by atoms with Gasteiger partial charge >= 0.3 is 0 Å². The molecule has 0 unspecified atom stereocenters. The van der Waals surface area contributed by atoms with Crippen molar-refractivity contribution in [1.82, 2.24) is 0 Å². The Morgan fingerprint density at radius 1 is 1.19 bits per heavy atom. The van der Waals surface area contributed by atoms with E-state index in [-0.39, 0.29) is 17.2 Å². The molecule has 0 aromatic heterocycles. The molecule has 0 aliphatic heterocycles. The third-order valence-electron chi connectivity index (χ3n) is 3.25. The van der Waals surface area contributed by atoms with Crippen LogP contribution in [0.1, 0.15) is 11.1 Å². The predicted molar refractivity (Wildman–Crippen MR) is 79.1 cm³/mol. The van der Waals surface area contributed by atoms with E-state index in [4.69, 9.17) is 5.11 Å². The lowest BCUT2D eigenvalue weighted by Gasteiger charge is -2.21. The SMILES string of the molecule is Cc1ccc(CO)cc1S(=O)(=O)N(C)c1cccc(F)c1. The molecule has 0 atom stereocenters. The summed E-state index contributed by atoms with van der Waals surface area (Å²) in [5.74, 6) is -0.504. The maximum absolute atomic E-state index is 13.3. The highest BCUT2D eigenvalue weighted by Gasteiger charge is 2.23. The van der Waals surface area contributed by atoms with Crippen LogP contribution in [0, 0.1) is 12.7 Å². The second-order valence-corrected chi connectivity index (χ2v) is 6.65. The molecule has 2 aromatic carbocycles. The van der Waals surface area contributed by atoms with Crippen LogP contribution < -0.4 is 4.31 Å². The maximum Gasteiger partial charge on any atom is 0.264 e. The Kier molecular flexibility index (Phi) is 4.29. The van der Waals surface area contributed by atoms with Crippen LogP contribution in [0.4, 0.5) is 10.1 Å². The van der Waals surface area contributed by atoms with Crippen LogP contribution in [0.3, 0.4) is 0 Å². The Balaban J connectivity index is 2.51. The lowest BCUT2D eigenvalue weighted by molar-refractivity contribution is 0.281. The van der Waals surface area contributed by atoms with Gasteiger partial charge in [0.1, 0.15) is 5.82 Å². The molecule has 2 aromatic rings. The van der Waals surface area contributed by atoms with Gasteiger partial charge in [0, 0.05) is 7.05 Å². The molecule has 0 saturated carbocycles. The van der Waals surface area contributed by atoms with E-state index < -0.39 is 15.8 Å². The van der Waals surface area contributed by atoms with Crippen LogP contribution in [-0.2, 0) is 16.6 Å². The van der Waals surface area contributed by atoms with Gasteiger partial charge in [-0.1, -0.05) is 18.2 Å². The van der Waals surface area contributed by atoms with Gasteiger partial charge in [0.15, 0.2) is 0 Å². The van der Waals surface area contributed by atoms with Gasteiger partial charge < -0.3 is 5.11 Å². The highest BCUT2D eigenvalue weighted by atomic mass is 32.2. The minimum atomic E-state index is -3.82. The Bertz CT molecular complexity index is 759. The second kappa shape index (κ2) is 5.83. The third-order valence-corrected chi connectivity index (χ3v) is 5.17. The molecule has 0 aliphatic carbocycles. The van der Waals surface area contributed by atoms with Gasteiger partial charge in [-0.3, -0.25) is 4.31 Å². The summed E-state index contributed by atoms with van der Waals surface area (Å²) in [7, 11) is -2.45. The molecule has 1 N–H and O–H groups in total. The normalized spacial score (nSPS) is 11.4. The number of nitrogens with zero attached hydrogens (tertiary/aromatic N) is 1. The number of aryl methyl sites for hydroxylation is 1. The molecule has 0 saturated heterocycles. The smallest absolute Gasteiger partial charge is 0.264 e. The first-order valence-electron chi connectivity index (χ1n) is 6.31. The monoisotopic (exact) mass is 309 g/mol. The number of benzene rings is 2. The number of anilines is 1. The molecule has 2 rings (SSSR count). The van der Waals surface area contributed by atoms with Crippen LogP contribution in [-0.4, -0.2) is 20.6 Å². The zero-order valence-electron chi connectivity index (χ0n) is 11.7. The van der Waals surface area contributed by atoms with Crippen LogP contribution in [0.2, 0.25) is 0 Å². The van der Waals surface area contributed by atoms with E-state index in [1.807, 2.05) is 0 Å². The summed E-state index contributed by atoms with van der Waals surface area (Å²) in [6.07, 6.45) is 0. The van der Waals surface area contributed by atoms with Crippen molar-refractivity contribution in [3.8, 4) is 0 Å². The van der Waals surface area contributed by atoms with E-state index in [1.54, 1.807) is 19.1 Å². The van der Waals surface area contributed by atoms with Crippen molar-refractivity contribution in [3.63, 3.8) is 0 Å². The van der Waals surface area contributed by atoms with Crippen molar-refractivity contribution in [2.24, 2.45) is 0 Å². The summed E-state index contributed by atoms with van der Waals surface area (Å²) in [5, 5.41) is 9.15. The fourth-order valence-corrected chi connectivity index (χ4v) is 3.44. The highest BCUT2D eigenvalue weighted by molar-refractivity contribution is 7.92. The van der Waals surface area contributed by atoms with Crippen molar-refractivity contribution in [1.29, 1.82) is 0 Å². The lowest BCUT2D eigenvalue weighted by Crippen LogP contribution is -2.27. The van der Waals surface area contributed by atoms with Gasteiger partial charge in [0.25, 0.3) is 10.0 Å². The number of sulfonamides is 1. The largest absolute Gasteiger partial charge is 0.392 e. The van der Waals surface area contributed by atoms with Crippen LogP contribution in [0.15, 0.2) is 47.4 Å². The van der Waals surface area contributed by atoms with Gasteiger partial charge in [-0.15, -0.1) is 0 Å². The Labute approximate surface area is 123 Å². The number of aliphatic hydroxyl groups is 1. The van der Waals surface area contributed by atoms with Crippen molar-refractivity contribution < 1.29 is 17.9 Å². The van der Waals surface area contributed by atoms with Crippen molar-refractivity contribution in [2.45, 2.75) is 18.4 Å². The van der Waals surface area contributed by atoms with E-state index >= 15 is 0 Å². The summed E-state index contributed by atoms with van der Waals surface area (Å²) in [6.45, 7) is 1.43. The van der Waals surface area contributed by atoms with Crippen molar-refractivity contribution >= 4 is 15.7 Å². The number of rotatable bonds is 4. The molecule has 0 heterocycles. The van der Waals surface area contributed by atoms with Gasteiger partial charge in [-0.05, 0) is 42.3 Å². The Hall–Kier alpha value is -1.92. The number of hydrogen-bond donors (Lipinski definition) is 1. The molecular formula is C15H16FNO3S. The summed E-state index contributed by atoms with van der Waals surface area (Å²) < 4.78 is 39.6. The Morgan fingerprint density at radius 3 is 2.52 bits per heavy atom. The van der Waals surface area contributed by atoms with Crippen molar-refractivity contribution in [2.75, 3.05) is 11.4 Å². The third kappa shape index (κ3) is 3.06. The van der Waals surface area contributed by atoms with E-state index in [2.05, 4.69) is 0 Å². The van der Waals surface area contributed by atoms with Gasteiger partial charge in [-0.25, -0.2) is 12.8 Å². The predicted octanol–water partition coefficient (Wildman–Crippen LogP) is 2.45. The molecule has 0 radical (unpaired) electrons. The summed E-state index contributed by atoms with van der Waals surface area (Å²) in [5.41, 5.74) is 1.31. The van der Waals surface area contributed by atoms with Crippen LogP contribution in [0.5, 0.6) is 0 Å². The highest BCUT2D eigenvalue weighted by Crippen LogP contribution is 2.25. The quantitative estimate of drug-likeness (QED) is 0.944. The van der Waals surface area contributed by atoms with Gasteiger partial charge in [-0.2, -0.15) is 0 Å². The van der Waals surface area contributed by atoms with E-state index in [0.29, 0.717) is 11.1 Å². The average molecular weight is 309 g/mol. The molecule has 4 nitrogen and oxygen atoms in total. The first-order chi connectivity index (χ1) is 9.86. The minimum Gasteiger partial charge on any atom is -0.392 e. The summed E-state index contributed by atoms with van der Waals surface area (Å²) in [6, 6.07) is 10.1. The zero-order chi connectivity index (χ0) is 15.6. The lowest BCUT2D eigenvalue weighted by atomic mass is 10.2. The molecule has 0 bridgehead atoms. The second-order valence-electron chi connectivity index (χ2n) is 4.71. The molecule has 0 fully saturated rings. The van der Waals surface area contributed by atoms with Crippen molar-refractivity contribution in [3.05, 3.63) is 59.4 Å². The van der Waals surface area contributed by atoms with E-state index in [0.717, 1.165) is 10.4 Å². The minimum absolute atomic E-state index is 0.0980. The van der Waals surface area contributed by atoms with Gasteiger partial charge in [0.2, 0.25) is 0 Å². The van der Waals surface area contributed by atoms with E-state index in [1.165, 1.54) is 31.3 Å². The van der Waals surface area contributed by atoms with E-state index in [9.17, 15) is 12.8 Å². The fourth-order valence-electron chi connectivity index (χ4n) is 1.98. The first kappa shape index (κ1) is 15.5. The Morgan fingerprint density at radius 2 is 1.90 bits per heavy atom. The maximum atomic E-state index is 13.3. The number of hydrogen-bond acceptors (Lipinski definition) is 3. The van der Waals surface area contributed by atoms with Gasteiger partial charge in [0.05, 0.1) is 17.2 Å². The topological polar surface area (TPSA) is 57.6 Å². The molecule has 0 spiro atoms. The summed E-state index contributed by atoms with van der Waals surface area (Å²) >= 11 is 0. The number of aliphatic hydroxyl groups excluding tert-OH is 1. The summed E-state index contributed by atoms with van der Waals surface area (Å²) in [4.78, 5) is 0.0980.